The van der Waals surface area contributed by atoms with Gasteiger partial charge in [0.15, 0.2) is 0 Å². The third-order valence-electron chi connectivity index (χ3n) is 2.40. The highest BCUT2D eigenvalue weighted by atomic mass is 35.5. The Labute approximate surface area is 115 Å². The number of nitrogens with one attached hydrogen (secondary N) is 1. The topological polar surface area (TPSA) is 32.3 Å². The van der Waals surface area contributed by atoms with E-state index < -0.39 is 0 Å². The molecule has 0 aliphatic carbocycles. The highest BCUT2D eigenvalue weighted by molar-refractivity contribution is 6.31. The summed E-state index contributed by atoms with van der Waals surface area (Å²) in [7, 11) is 0. The molecule has 1 rings (SSSR count). The minimum Gasteiger partial charge on any atom is -0.392 e. The quantitative estimate of drug-likeness (QED) is 0.837. The zero-order valence-corrected chi connectivity index (χ0v) is 11.9. The smallest absolute Gasteiger partial charge is 0.0667 e. The summed E-state index contributed by atoms with van der Waals surface area (Å²) in [6.07, 6.45) is 0.553. The first-order chi connectivity index (χ1) is 7.59. The van der Waals surface area contributed by atoms with E-state index in [9.17, 15) is 5.11 Å². The average Bonchev–Trinajstić information content (AvgIpc) is 2.19. The van der Waals surface area contributed by atoms with Crippen LogP contribution < -0.4 is 5.32 Å². The molecule has 2 N–H and O–H groups in total. The van der Waals surface area contributed by atoms with Crippen molar-refractivity contribution >= 4 is 24.0 Å². The minimum atomic E-state index is -0.275. The predicted molar refractivity (Wildman–Crippen MR) is 75.9 cm³/mol. The Morgan fingerprint density at radius 1 is 1.29 bits per heavy atom. The van der Waals surface area contributed by atoms with E-state index in [0.29, 0.717) is 19.0 Å². The predicted octanol–water partition coefficient (Wildman–Crippen LogP) is 3.26. The molecule has 0 fully saturated rings. The van der Waals surface area contributed by atoms with Crippen LogP contribution in [0.25, 0.3) is 0 Å². The van der Waals surface area contributed by atoms with Gasteiger partial charge in [0.25, 0.3) is 0 Å². The molecule has 0 spiro atoms. The summed E-state index contributed by atoms with van der Waals surface area (Å²) in [5, 5.41) is 13.7. The number of aliphatic hydroxyl groups excluding tert-OH is 1. The molecule has 0 radical (unpaired) electrons. The maximum atomic E-state index is 9.67. The summed E-state index contributed by atoms with van der Waals surface area (Å²) in [6.45, 7) is 5.53. The molecule has 0 aliphatic rings. The summed E-state index contributed by atoms with van der Waals surface area (Å²) in [5.41, 5.74) is 1.07. The van der Waals surface area contributed by atoms with Crippen LogP contribution >= 0.6 is 24.0 Å². The van der Waals surface area contributed by atoms with Gasteiger partial charge in [-0.1, -0.05) is 43.6 Å². The molecule has 0 saturated carbocycles. The summed E-state index contributed by atoms with van der Waals surface area (Å²) in [4.78, 5) is 0. The standard InChI is InChI=1S/C13H20ClNO.ClH/c1-10(2)7-12(16)9-15-8-11-5-3-4-6-13(11)14;/h3-6,10,12,15-16H,7-9H2,1-2H3;1H. The molecule has 2 nitrogen and oxygen atoms in total. The van der Waals surface area contributed by atoms with E-state index in [-0.39, 0.29) is 18.5 Å². The fraction of sp³-hybridized carbons (Fsp3) is 0.538. The first kappa shape index (κ1) is 16.7. The van der Waals surface area contributed by atoms with Gasteiger partial charge < -0.3 is 10.4 Å². The lowest BCUT2D eigenvalue weighted by Gasteiger charge is -2.14. The van der Waals surface area contributed by atoms with E-state index in [4.69, 9.17) is 11.6 Å². The van der Waals surface area contributed by atoms with Crippen molar-refractivity contribution < 1.29 is 5.11 Å². The third kappa shape index (κ3) is 6.89. The lowest BCUT2D eigenvalue weighted by atomic mass is 10.1. The second-order valence-electron chi connectivity index (χ2n) is 4.51. The average molecular weight is 278 g/mol. The van der Waals surface area contributed by atoms with Crippen LogP contribution in [-0.2, 0) is 6.54 Å². The van der Waals surface area contributed by atoms with Crippen molar-refractivity contribution in [1.82, 2.24) is 5.32 Å². The van der Waals surface area contributed by atoms with Gasteiger partial charge >= 0.3 is 0 Å². The Morgan fingerprint density at radius 3 is 2.53 bits per heavy atom. The molecule has 1 unspecified atom stereocenters. The molecule has 0 bridgehead atoms. The van der Waals surface area contributed by atoms with E-state index in [0.717, 1.165) is 17.0 Å². The number of rotatable bonds is 6. The summed E-state index contributed by atoms with van der Waals surface area (Å²) in [6, 6.07) is 7.75. The van der Waals surface area contributed by atoms with Crippen LogP contribution in [0.2, 0.25) is 5.02 Å². The molecule has 0 saturated heterocycles. The lowest BCUT2D eigenvalue weighted by molar-refractivity contribution is 0.146. The van der Waals surface area contributed by atoms with E-state index >= 15 is 0 Å². The molecule has 17 heavy (non-hydrogen) atoms. The van der Waals surface area contributed by atoms with Crippen molar-refractivity contribution in [3.05, 3.63) is 34.9 Å². The largest absolute Gasteiger partial charge is 0.392 e. The fourth-order valence-electron chi connectivity index (χ4n) is 1.64. The number of benzene rings is 1. The van der Waals surface area contributed by atoms with Gasteiger partial charge in [-0.3, -0.25) is 0 Å². The van der Waals surface area contributed by atoms with Crippen LogP contribution in [0.5, 0.6) is 0 Å². The summed E-state index contributed by atoms with van der Waals surface area (Å²) >= 11 is 6.02. The number of hydrogen-bond acceptors (Lipinski definition) is 2. The van der Waals surface area contributed by atoms with E-state index in [1.807, 2.05) is 24.3 Å². The zero-order chi connectivity index (χ0) is 12.0. The Balaban J connectivity index is 0.00000256. The monoisotopic (exact) mass is 277 g/mol. The third-order valence-corrected chi connectivity index (χ3v) is 2.77. The van der Waals surface area contributed by atoms with E-state index in [1.54, 1.807) is 0 Å². The Morgan fingerprint density at radius 2 is 1.94 bits per heavy atom. The second-order valence-corrected chi connectivity index (χ2v) is 4.91. The van der Waals surface area contributed by atoms with Gasteiger partial charge in [-0.2, -0.15) is 0 Å². The fourth-order valence-corrected chi connectivity index (χ4v) is 1.85. The molecule has 1 aromatic rings. The minimum absolute atomic E-state index is 0. The molecule has 0 aliphatic heterocycles. The van der Waals surface area contributed by atoms with Crippen molar-refractivity contribution in [2.75, 3.05) is 6.54 Å². The number of hydrogen-bond donors (Lipinski definition) is 2. The van der Waals surface area contributed by atoms with Gasteiger partial charge in [0.1, 0.15) is 0 Å². The normalized spacial score (nSPS) is 12.3. The summed E-state index contributed by atoms with van der Waals surface area (Å²) < 4.78 is 0. The molecule has 0 aromatic heterocycles. The Bertz CT molecular complexity index is 318. The van der Waals surface area contributed by atoms with Gasteiger partial charge in [-0.05, 0) is 24.0 Å². The van der Waals surface area contributed by atoms with Gasteiger partial charge in [0.05, 0.1) is 6.10 Å². The van der Waals surface area contributed by atoms with E-state index in [1.165, 1.54) is 0 Å². The molecular weight excluding hydrogens is 257 g/mol. The van der Waals surface area contributed by atoms with Crippen LogP contribution in [0.1, 0.15) is 25.8 Å². The number of aliphatic hydroxyl groups is 1. The Kier molecular flexibility index (Phi) is 8.61. The van der Waals surface area contributed by atoms with Crippen molar-refractivity contribution in [3.63, 3.8) is 0 Å². The first-order valence-electron chi connectivity index (χ1n) is 5.71. The number of halogens is 2. The highest BCUT2D eigenvalue weighted by Gasteiger charge is 2.06. The van der Waals surface area contributed by atoms with Crippen LogP contribution in [-0.4, -0.2) is 17.8 Å². The second kappa shape index (κ2) is 8.76. The zero-order valence-electron chi connectivity index (χ0n) is 10.3. The molecule has 0 amide bonds. The maximum Gasteiger partial charge on any atom is 0.0667 e. The molecular formula is C13H21Cl2NO. The van der Waals surface area contributed by atoms with Crippen LogP contribution in [0.15, 0.2) is 24.3 Å². The van der Waals surface area contributed by atoms with Crippen LogP contribution in [0.4, 0.5) is 0 Å². The molecule has 4 heteroatoms. The van der Waals surface area contributed by atoms with Crippen molar-refractivity contribution in [2.45, 2.75) is 32.9 Å². The molecule has 1 atom stereocenters. The summed E-state index contributed by atoms with van der Waals surface area (Å²) in [5.74, 6) is 0.525. The molecule has 1 aromatic carbocycles. The van der Waals surface area contributed by atoms with Crippen molar-refractivity contribution in [2.24, 2.45) is 5.92 Å². The van der Waals surface area contributed by atoms with Gasteiger partial charge in [0, 0.05) is 18.1 Å². The molecule has 0 heterocycles. The SMILES string of the molecule is CC(C)CC(O)CNCc1ccccc1Cl.Cl. The van der Waals surface area contributed by atoms with E-state index in [2.05, 4.69) is 19.2 Å². The van der Waals surface area contributed by atoms with Gasteiger partial charge in [-0.15, -0.1) is 12.4 Å². The highest BCUT2D eigenvalue weighted by Crippen LogP contribution is 2.14. The maximum absolute atomic E-state index is 9.67. The van der Waals surface area contributed by atoms with Gasteiger partial charge in [0.2, 0.25) is 0 Å². The van der Waals surface area contributed by atoms with Crippen LogP contribution in [0.3, 0.4) is 0 Å². The lowest BCUT2D eigenvalue weighted by Crippen LogP contribution is -2.27. The Hall–Kier alpha value is -0.280. The van der Waals surface area contributed by atoms with Crippen molar-refractivity contribution in [1.29, 1.82) is 0 Å². The van der Waals surface area contributed by atoms with Crippen molar-refractivity contribution in [3.8, 4) is 0 Å². The van der Waals surface area contributed by atoms with Gasteiger partial charge in [-0.25, -0.2) is 0 Å². The first-order valence-corrected chi connectivity index (χ1v) is 6.09. The molecule has 98 valence electrons. The van der Waals surface area contributed by atoms with Crippen LogP contribution in [0, 0.1) is 5.92 Å².